The highest BCUT2D eigenvalue weighted by molar-refractivity contribution is 7.89. The Morgan fingerprint density at radius 2 is 2.00 bits per heavy atom. The van der Waals surface area contributed by atoms with Gasteiger partial charge < -0.3 is 9.88 Å². The normalized spacial score (nSPS) is 19.6. The maximum atomic E-state index is 14.4. The minimum Gasteiger partial charge on any atom is -0.340 e. The average molecular weight is 458 g/mol. The van der Waals surface area contributed by atoms with Crippen molar-refractivity contribution in [3.8, 4) is 11.3 Å². The van der Waals surface area contributed by atoms with E-state index >= 15 is 0 Å². The summed E-state index contributed by atoms with van der Waals surface area (Å²) in [6.07, 6.45) is 6.65. The molecule has 3 rings (SSSR count). The average Bonchev–Trinajstić information content (AvgIpc) is 3.15. The number of amides is 1. The van der Waals surface area contributed by atoms with Gasteiger partial charge >= 0.3 is 0 Å². The summed E-state index contributed by atoms with van der Waals surface area (Å²) in [5, 5.41) is 2.94. The number of nitrogens with zero attached hydrogens (tertiary/aromatic N) is 2. The van der Waals surface area contributed by atoms with Crippen LogP contribution in [0, 0.1) is 11.7 Å². The predicted molar refractivity (Wildman–Crippen MR) is 113 cm³/mol. The molecule has 8 nitrogen and oxygen atoms in total. The smallest absolute Gasteiger partial charge is 0.269 e. The Balaban J connectivity index is 1.66. The Kier molecular flexibility index (Phi) is 7.12. The highest BCUT2D eigenvalue weighted by Gasteiger charge is 2.26. The molecule has 1 aliphatic carbocycles. The summed E-state index contributed by atoms with van der Waals surface area (Å²) in [6.45, 7) is 0. The minimum atomic E-state index is -3.76. The number of aromatic nitrogens is 2. The fourth-order valence-corrected chi connectivity index (χ4v) is 5.13. The molecule has 0 atom stereocenters. The lowest BCUT2D eigenvalue weighted by Crippen LogP contribution is -2.44. The highest BCUT2D eigenvalue weighted by atomic mass is 35.5. The number of sulfonamides is 1. The molecule has 0 radical (unpaired) electrons. The van der Waals surface area contributed by atoms with Crippen LogP contribution in [0.2, 0.25) is 5.02 Å². The molecule has 0 spiro atoms. The van der Waals surface area contributed by atoms with Crippen molar-refractivity contribution in [2.75, 3.05) is 12.8 Å². The van der Waals surface area contributed by atoms with Crippen molar-refractivity contribution >= 4 is 27.5 Å². The number of halogens is 2. The zero-order valence-corrected chi connectivity index (χ0v) is 18.4. The van der Waals surface area contributed by atoms with Crippen molar-refractivity contribution in [3.05, 3.63) is 41.1 Å². The van der Waals surface area contributed by atoms with E-state index in [-0.39, 0.29) is 22.3 Å². The van der Waals surface area contributed by atoms with Gasteiger partial charge in [0.2, 0.25) is 10.0 Å². The Bertz CT molecular complexity index is 1020. The molecule has 164 valence electrons. The SMILES string of the molecule is CNC1CCC(CS(=O)(=O)NNC(=O)c2cc(-c3cn(C)cn3)cc(Cl)c2F)CC1. The second-order valence-electron chi connectivity index (χ2n) is 7.59. The first-order valence-corrected chi connectivity index (χ1v) is 11.7. The lowest BCUT2D eigenvalue weighted by molar-refractivity contribution is 0.0941. The van der Waals surface area contributed by atoms with E-state index in [1.807, 2.05) is 7.05 Å². The van der Waals surface area contributed by atoms with Crippen LogP contribution in [0.1, 0.15) is 36.0 Å². The molecule has 1 heterocycles. The van der Waals surface area contributed by atoms with Crippen LogP contribution in [0.15, 0.2) is 24.7 Å². The van der Waals surface area contributed by atoms with Gasteiger partial charge in [-0.05, 0) is 50.8 Å². The van der Waals surface area contributed by atoms with Crippen LogP contribution in [-0.2, 0) is 17.1 Å². The van der Waals surface area contributed by atoms with Crippen molar-refractivity contribution in [2.24, 2.45) is 13.0 Å². The van der Waals surface area contributed by atoms with Crippen molar-refractivity contribution in [1.29, 1.82) is 0 Å². The number of hydrazine groups is 1. The number of hydrogen-bond acceptors (Lipinski definition) is 5. The fraction of sp³-hybridized carbons (Fsp3) is 0.474. The Labute approximate surface area is 180 Å². The summed E-state index contributed by atoms with van der Waals surface area (Å²) >= 11 is 5.93. The van der Waals surface area contributed by atoms with Crippen LogP contribution in [0.3, 0.4) is 0 Å². The van der Waals surface area contributed by atoms with E-state index in [1.54, 1.807) is 24.1 Å². The maximum absolute atomic E-state index is 14.4. The van der Waals surface area contributed by atoms with E-state index in [4.69, 9.17) is 11.6 Å². The lowest BCUT2D eigenvalue weighted by Gasteiger charge is -2.27. The molecule has 11 heteroatoms. The molecule has 3 N–H and O–H groups in total. The van der Waals surface area contributed by atoms with E-state index in [0.717, 1.165) is 25.7 Å². The van der Waals surface area contributed by atoms with Crippen LogP contribution in [0.4, 0.5) is 4.39 Å². The standard InChI is InChI=1S/C19H25ClFN5O3S/c1-22-14-5-3-12(4-6-14)10-30(28,29)25-24-19(27)15-7-13(8-16(20)18(15)21)17-9-26(2)11-23-17/h7-9,11-12,14,22,25H,3-6,10H2,1-2H3,(H,24,27). The largest absolute Gasteiger partial charge is 0.340 e. The third-order valence-electron chi connectivity index (χ3n) is 5.30. The summed E-state index contributed by atoms with van der Waals surface area (Å²) in [4.78, 5) is 18.7. The first-order valence-electron chi connectivity index (χ1n) is 9.63. The van der Waals surface area contributed by atoms with Gasteiger partial charge in [0, 0.05) is 24.8 Å². The summed E-state index contributed by atoms with van der Waals surface area (Å²) < 4.78 is 40.8. The van der Waals surface area contributed by atoms with E-state index in [0.29, 0.717) is 17.3 Å². The molecule has 1 saturated carbocycles. The van der Waals surface area contributed by atoms with Gasteiger partial charge in [0.05, 0.1) is 28.4 Å². The molecule has 1 fully saturated rings. The van der Waals surface area contributed by atoms with Crippen LogP contribution in [0.25, 0.3) is 11.3 Å². The van der Waals surface area contributed by atoms with Crippen molar-refractivity contribution in [2.45, 2.75) is 31.7 Å². The van der Waals surface area contributed by atoms with Gasteiger partial charge in [-0.15, -0.1) is 4.83 Å². The molecule has 1 amide bonds. The Morgan fingerprint density at radius 1 is 1.30 bits per heavy atom. The fourth-order valence-electron chi connectivity index (χ4n) is 3.63. The number of hydrogen-bond donors (Lipinski definition) is 3. The number of nitrogens with one attached hydrogen (secondary N) is 3. The molecule has 30 heavy (non-hydrogen) atoms. The highest BCUT2D eigenvalue weighted by Crippen LogP contribution is 2.27. The molecule has 0 unspecified atom stereocenters. The third kappa shape index (κ3) is 5.57. The van der Waals surface area contributed by atoms with E-state index < -0.39 is 21.7 Å². The summed E-state index contributed by atoms with van der Waals surface area (Å²) in [5.41, 5.74) is 2.66. The quantitative estimate of drug-likeness (QED) is 0.553. The maximum Gasteiger partial charge on any atom is 0.269 e. The Hall–Kier alpha value is -2.01. The van der Waals surface area contributed by atoms with Gasteiger partial charge in [-0.3, -0.25) is 10.2 Å². The van der Waals surface area contributed by atoms with Crippen LogP contribution >= 0.6 is 11.6 Å². The number of aryl methyl sites for hydroxylation is 1. The molecule has 1 aromatic heterocycles. The second-order valence-corrected chi connectivity index (χ2v) is 9.76. The molecule has 0 bridgehead atoms. The monoisotopic (exact) mass is 457 g/mol. The van der Waals surface area contributed by atoms with Gasteiger partial charge in [0.1, 0.15) is 0 Å². The molecule has 0 saturated heterocycles. The van der Waals surface area contributed by atoms with Crippen LogP contribution in [-0.4, -0.2) is 42.7 Å². The van der Waals surface area contributed by atoms with Crippen LogP contribution in [0.5, 0.6) is 0 Å². The molecule has 1 aliphatic rings. The van der Waals surface area contributed by atoms with Crippen molar-refractivity contribution < 1.29 is 17.6 Å². The van der Waals surface area contributed by atoms with E-state index in [2.05, 4.69) is 20.6 Å². The minimum absolute atomic E-state index is 0.0164. The van der Waals surface area contributed by atoms with Crippen LogP contribution < -0.4 is 15.6 Å². The van der Waals surface area contributed by atoms with Crippen molar-refractivity contribution in [1.82, 2.24) is 25.1 Å². The third-order valence-corrected chi connectivity index (χ3v) is 6.90. The van der Waals surface area contributed by atoms with Gasteiger partial charge in [0.15, 0.2) is 5.82 Å². The zero-order chi connectivity index (χ0) is 21.9. The molecule has 0 aliphatic heterocycles. The van der Waals surface area contributed by atoms with Crippen molar-refractivity contribution in [3.63, 3.8) is 0 Å². The number of rotatable bonds is 7. The number of carbonyl (C=O) groups excluding carboxylic acids is 1. The summed E-state index contributed by atoms with van der Waals surface area (Å²) in [7, 11) is -0.0949. The molecular weight excluding hydrogens is 433 g/mol. The predicted octanol–water partition coefficient (Wildman–Crippen LogP) is 2.22. The molecule has 2 aromatic rings. The van der Waals surface area contributed by atoms with Gasteiger partial charge in [-0.2, -0.15) is 0 Å². The number of imidazole rings is 1. The lowest BCUT2D eigenvalue weighted by atomic mass is 9.87. The van der Waals surface area contributed by atoms with E-state index in [1.165, 1.54) is 12.1 Å². The van der Waals surface area contributed by atoms with E-state index in [9.17, 15) is 17.6 Å². The number of carbonyl (C=O) groups is 1. The molecule has 1 aromatic carbocycles. The van der Waals surface area contributed by atoms with Gasteiger partial charge in [0.25, 0.3) is 5.91 Å². The topological polar surface area (TPSA) is 105 Å². The zero-order valence-electron chi connectivity index (χ0n) is 16.8. The molecular formula is C19H25ClFN5O3S. The summed E-state index contributed by atoms with van der Waals surface area (Å²) in [5.74, 6) is -1.95. The first-order chi connectivity index (χ1) is 14.2. The first kappa shape index (κ1) is 22.7. The second kappa shape index (κ2) is 9.42. The summed E-state index contributed by atoms with van der Waals surface area (Å²) in [6, 6.07) is 3.06. The van der Waals surface area contributed by atoms with Gasteiger partial charge in [-0.1, -0.05) is 11.6 Å². The Morgan fingerprint density at radius 3 is 2.60 bits per heavy atom. The van der Waals surface area contributed by atoms with Gasteiger partial charge in [-0.25, -0.2) is 17.8 Å². The number of benzene rings is 1.